The van der Waals surface area contributed by atoms with Gasteiger partial charge in [0.15, 0.2) is 17.7 Å². The molecule has 0 saturated carbocycles. The van der Waals surface area contributed by atoms with Gasteiger partial charge in [-0.2, -0.15) is 0 Å². The van der Waals surface area contributed by atoms with Gasteiger partial charge in [-0.25, -0.2) is 9.97 Å². The van der Waals surface area contributed by atoms with Crippen LogP contribution in [0.5, 0.6) is 5.75 Å². The number of rotatable bonds is 1. The minimum absolute atomic E-state index is 0.133. The molecule has 1 aromatic heterocycles. The third-order valence-corrected chi connectivity index (χ3v) is 4.19. The Hall–Kier alpha value is -2.23. The number of carbonyl (C=O) groups is 1. The van der Waals surface area contributed by atoms with Crippen LogP contribution in [0, 0.1) is 0 Å². The zero-order valence-electron chi connectivity index (χ0n) is 11.7. The molecule has 0 saturated heterocycles. The molecule has 0 bridgehead atoms. The number of para-hydroxylation sites is 1. The lowest BCUT2D eigenvalue weighted by atomic mass is 10.1. The highest BCUT2D eigenvalue weighted by molar-refractivity contribution is 5.97. The molecule has 1 aromatic carbocycles. The van der Waals surface area contributed by atoms with Crippen molar-refractivity contribution in [2.75, 3.05) is 0 Å². The molecule has 21 heavy (non-hydrogen) atoms. The number of aryl methyl sites for hydroxylation is 1. The zero-order chi connectivity index (χ0) is 14.2. The first kappa shape index (κ1) is 12.5. The van der Waals surface area contributed by atoms with Crippen LogP contribution in [0.25, 0.3) is 0 Å². The van der Waals surface area contributed by atoms with E-state index in [0.29, 0.717) is 17.8 Å². The Kier molecular flexibility index (Phi) is 2.95. The molecule has 4 rings (SSSR count). The Labute approximate surface area is 123 Å². The lowest BCUT2D eigenvalue weighted by Gasteiger charge is -2.11. The van der Waals surface area contributed by atoms with Crippen molar-refractivity contribution in [1.29, 1.82) is 0 Å². The maximum absolute atomic E-state index is 12.0. The van der Waals surface area contributed by atoms with E-state index in [9.17, 15) is 4.79 Å². The summed E-state index contributed by atoms with van der Waals surface area (Å²) < 4.78 is 5.93. The fraction of sp³-hybridized carbons (Fsp3) is 0.353. The van der Waals surface area contributed by atoms with E-state index in [0.717, 1.165) is 37.1 Å². The summed E-state index contributed by atoms with van der Waals surface area (Å²) >= 11 is 0. The number of benzene rings is 1. The highest BCUT2D eigenvalue weighted by Gasteiger charge is 2.27. The normalized spacial score (nSPS) is 20.4. The van der Waals surface area contributed by atoms with Gasteiger partial charge in [-0.05, 0) is 30.9 Å². The SMILES string of the molecule is O=C1CCCCc2nc(C3Cc4ccccc4O3)ncc21. The van der Waals surface area contributed by atoms with Crippen molar-refractivity contribution in [2.24, 2.45) is 0 Å². The van der Waals surface area contributed by atoms with Gasteiger partial charge in [0.05, 0.1) is 11.3 Å². The highest BCUT2D eigenvalue weighted by atomic mass is 16.5. The fourth-order valence-electron chi connectivity index (χ4n) is 3.05. The summed E-state index contributed by atoms with van der Waals surface area (Å²) in [6, 6.07) is 8.03. The van der Waals surface area contributed by atoms with Gasteiger partial charge in [0, 0.05) is 19.0 Å². The van der Waals surface area contributed by atoms with E-state index in [4.69, 9.17) is 4.74 Å². The first-order valence-corrected chi connectivity index (χ1v) is 7.45. The molecule has 0 fully saturated rings. The Morgan fingerprint density at radius 2 is 2.00 bits per heavy atom. The van der Waals surface area contributed by atoms with Gasteiger partial charge < -0.3 is 4.74 Å². The Morgan fingerprint density at radius 3 is 2.90 bits per heavy atom. The number of aromatic nitrogens is 2. The smallest absolute Gasteiger partial charge is 0.169 e. The van der Waals surface area contributed by atoms with Gasteiger partial charge in [0.2, 0.25) is 0 Å². The Morgan fingerprint density at radius 1 is 1.14 bits per heavy atom. The molecule has 106 valence electrons. The molecular weight excluding hydrogens is 264 g/mol. The summed E-state index contributed by atoms with van der Waals surface area (Å²) in [5, 5.41) is 0. The van der Waals surface area contributed by atoms with E-state index in [1.807, 2.05) is 18.2 Å². The lowest BCUT2D eigenvalue weighted by Crippen LogP contribution is -2.13. The lowest BCUT2D eigenvalue weighted by molar-refractivity contribution is 0.0981. The topological polar surface area (TPSA) is 52.1 Å². The van der Waals surface area contributed by atoms with Crippen LogP contribution in [0.2, 0.25) is 0 Å². The van der Waals surface area contributed by atoms with Crippen molar-refractivity contribution in [2.45, 2.75) is 38.2 Å². The van der Waals surface area contributed by atoms with Crippen molar-refractivity contribution in [3.05, 3.63) is 53.1 Å². The van der Waals surface area contributed by atoms with Crippen LogP contribution >= 0.6 is 0 Å². The second-order valence-electron chi connectivity index (χ2n) is 5.64. The molecule has 2 heterocycles. The Balaban J connectivity index is 1.66. The number of carbonyl (C=O) groups excluding carboxylic acids is 1. The van der Waals surface area contributed by atoms with Gasteiger partial charge in [0.25, 0.3) is 0 Å². The molecule has 0 amide bonds. The van der Waals surface area contributed by atoms with Crippen LogP contribution in [-0.2, 0) is 12.8 Å². The third kappa shape index (κ3) is 2.20. The molecule has 4 nitrogen and oxygen atoms in total. The van der Waals surface area contributed by atoms with E-state index >= 15 is 0 Å². The first-order chi connectivity index (χ1) is 10.3. The fourth-order valence-corrected chi connectivity index (χ4v) is 3.05. The van der Waals surface area contributed by atoms with Crippen molar-refractivity contribution >= 4 is 5.78 Å². The predicted molar refractivity (Wildman–Crippen MR) is 77.4 cm³/mol. The molecule has 0 spiro atoms. The van der Waals surface area contributed by atoms with Gasteiger partial charge in [-0.3, -0.25) is 4.79 Å². The van der Waals surface area contributed by atoms with Crippen LogP contribution in [0.15, 0.2) is 30.5 Å². The second-order valence-corrected chi connectivity index (χ2v) is 5.64. The molecular formula is C17H16N2O2. The maximum atomic E-state index is 12.0. The Bertz CT molecular complexity index is 687. The second kappa shape index (κ2) is 4.95. The van der Waals surface area contributed by atoms with Crippen molar-refractivity contribution in [3.63, 3.8) is 0 Å². The predicted octanol–water partition coefficient (Wildman–Crippen LogP) is 3.06. The van der Waals surface area contributed by atoms with Gasteiger partial charge in [-0.1, -0.05) is 18.2 Å². The zero-order valence-corrected chi connectivity index (χ0v) is 11.7. The summed E-state index contributed by atoms with van der Waals surface area (Å²) in [7, 11) is 0. The summed E-state index contributed by atoms with van der Waals surface area (Å²) in [5.74, 6) is 1.78. The molecule has 0 radical (unpaired) electrons. The summed E-state index contributed by atoms with van der Waals surface area (Å²) in [6.07, 6.45) is 5.78. The van der Waals surface area contributed by atoms with Crippen LogP contribution in [-0.4, -0.2) is 15.8 Å². The van der Waals surface area contributed by atoms with Crippen LogP contribution in [0.1, 0.15) is 52.8 Å². The minimum atomic E-state index is -0.133. The summed E-state index contributed by atoms with van der Waals surface area (Å²) in [5.41, 5.74) is 2.78. The average molecular weight is 280 g/mol. The number of hydrogen-bond acceptors (Lipinski definition) is 4. The standard InChI is InChI=1S/C17H16N2O2/c20-14-7-3-2-6-13-12(14)10-18-17(19-13)16-9-11-5-1-4-8-15(11)21-16/h1,4-5,8,10,16H,2-3,6-7,9H2. The van der Waals surface area contributed by atoms with Gasteiger partial charge >= 0.3 is 0 Å². The summed E-state index contributed by atoms with van der Waals surface area (Å²) in [6.45, 7) is 0. The van der Waals surface area contributed by atoms with E-state index in [1.165, 1.54) is 5.56 Å². The molecule has 1 aliphatic heterocycles. The van der Waals surface area contributed by atoms with Gasteiger partial charge in [0.1, 0.15) is 5.75 Å². The third-order valence-electron chi connectivity index (χ3n) is 4.19. The average Bonchev–Trinajstić information content (AvgIpc) is 2.86. The van der Waals surface area contributed by atoms with Crippen molar-refractivity contribution in [3.8, 4) is 5.75 Å². The quantitative estimate of drug-likeness (QED) is 0.753. The monoisotopic (exact) mass is 280 g/mol. The number of ether oxygens (including phenoxy) is 1. The molecule has 1 atom stereocenters. The first-order valence-electron chi connectivity index (χ1n) is 7.45. The van der Waals surface area contributed by atoms with E-state index in [2.05, 4.69) is 16.0 Å². The van der Waals surface area contributed by atoms with Crippen molar-refractivity contribution < 1.29 is 9.53 Å². The minimum Gasteiger partial charge on any atom is -0.482 e. The highest BCUT2D eigenvalue weighted by Crippen LogP contribution is 2.35. The van der Waals surface area contributed by atoms with Crippen LogP contribution < -0.4 is 4.74 Å². The number of ketones is 1. The van der Waals surface area contributed by atoms with E-state index in [-0.39, 0.29) is 11.9 Å². The summed E-state index contributed by atoms with van der Waals surface area (Å²) in [4.78, 5) is 21.0. The van der Waals surface area contributed by atoms with Gasteiger partial charge in [-0.15, -0.1) is 0 Å². The molecule has 1 unspecified atom stereocenters. The maximum Gasteiger partial charge on any atom is 0.169 e. The van der Waals surface area contributed by atoms with Crippen LogP contribution in [0.3, 0.4) is 0 Å². The molecule has 2 aromatic rings. The number of Topliss-reactive ketones (excluding diaryl/α,β-unsaturated/α-hetero) is 1. The number of hydrogen-bond donors (Lipinski definition) is 0. The van der Waals surface area contributed by atoms with E-state index < -0.39 is 0 Å². The number of fused-ring (bicyclic) bond motifs is 2. The van der Waals surface area contributed by atoms with Crippen LogP contribution in [0.4, 0.5) is 0 Å². The molecule has 2 aliphatic rings. The molecule has 0 N–H and O–H groups in total. The molecule has 1 aliphatic carbocycles. The largest absolute Gasteiger partial charge is 0.482 e. The molecule has 4 heteroatoms. The number of nitrogens with zero attached hydrogens (tertiary/aromatic N) is 2. The van der Waals surface area contributed by atoms with Crippen molar-refractivity contribution in [1.82, 2.24) is 9.97 Å². The van der Waals surface area contributed by atoms with E-state index in [1.54, 1.807) is 6.20 Å².